The normalized spacial score (nSPS) is 13.8. The Kier molecular flexibility index (Phi) is 5.39. The van der Waals surface area contributed by atoms with Crippen LogP contribution in [0.15, 0.2) is 23.1 Å². The highest BCUT2D eigenvalue weighted by Gasteiger charge is 2.17. The van der Waals surface area contributed by atoms with Crippen molar-refractivity contribution in [1.29, 1.82) is 0 Å². The van der Waals surface area contributed by atoms with E-state index in [1.165, 1.54) is 0 Å². The maximum absolute atomic E-state index is 13.0. The lowest BCUT2D eigenvalue weighted by atomic mass is 10.1. The molecule has 0 aliphatic carbocycles. The summed E-state index contributed by atoms with van der Waals surface area (Å²) in [6.45, 7) is 3.96. The quantitative estimate of drug-likeness (QED) is 0.837. The molecule has 0 amide bonds. The van der Waals surface area contributed by atoms with Gasteiger partial charge in [-0.3, -0.25) is 0 Å². The smallest absolute Gasteiger partial charge is 0.240 e. The minimum atomic E-state index is -3.95. The second-order valence-electron chi connectivity index (χ2n) is 4.85. The fourth-order valence-corrected chi connectivity index (χ4v) is 2.81. The van der Waals surface area contributed by atoms with Crippen molar-refractivity contribution in [2.24, 2.45) is 11.7 Å². The molecule has 1 rings (SSSR count). The van der Waals surface area contributed by atoms with Crippen LogP contribution in [0.5, 0.6) is 0 Å². The minimum absolute atomic E-state index is 0.0264. The van der Waals surface area contributed by atoms with E-state index in [2.05, 4.69) is 4.72 Å². The van der Waals surface area contributed by atoms with Gasteiger partial charge in [0, 0.05) is 18.7 Å². The van der Waals surface area contributed by atoms with Crippen LogP contribution in [-0.4, -0.2) is 21.0 Å². The van der Waals surface area contributed by atoms with E-state index < -0.39 is 26.6 Å². The summed E-state index contributed by atoms with van der Waals surface area (Å²) in [5.74, 6) is -1.54. The van der Waals surface area contributed by atoms with Gasteiger partial charge in [-0.15, -0.1) is 0 Å². The molecule has 0 fully saturated rings. The number of nitrogens with two attached hydrogens (primary N) is 1. The van der Waals surface area contributed by atoms with Crippen LogP contribution in [0, 0.1) is 17.6 Å². The molecule has 0 radical (unpaired) electrons. The lowest BCUT2D eigenvalue weighted by Gasteiger charge is -2.15. The predicted molar refractivity (Wildman–Crippen MR) is 69.0 cm³/mol. The van der Waals surface area contributed by atoms with E-state index in [0.29, 0.717) is 18.4 Å². The predicted octanol–water partition coefficient (Wildman–Crippen LogP) is 1.62. The summed E-state index contributed by atoms with van der Waals surface area (Å²) in [5, 5.41) is 0. The van der Waals surface area contributed by atoms with Crippen LogP contribution in [-0.2, 0) is 10.0 Å². The summed E-state index contributed by atoms with van der Waals surface area (Å²) in [4.78, 5) is -0.443. The van der Waals surface area contributed by atoms with Gasteiger partial charge in [-0.2, -0.15) is 0 Å². The zero-order valence-electron chi connectivity index (χ0n) is 10.9. The van der Waals surface area contributed by atoms with Gasteiger partial charge in [-0.1, -0.05) is 13.8 Å². The molecule has 0 aliphatic heterocycles. The first kappa shape index (κ1) is 16.0. The van der Waals surface area contributed by atoms with E-state index in [9.17, 15) is 17.2 Å². The summed E-state index contributed by atoms with van der Waals surface area (Å²) in [6.07, 6.45) is 0.653. The number of halogens is 2. The average Bonchev–Trinajstić information content (AvgIpc) is 2.24. The first-order chi connectivity index (χ1) is 8.70. The average molecular weight is 292 g/mol. The topological polar surface area (TPSA) is 72.2 Å². The Labute approximate surface area is 112 Å². The monoisotopic (exact) mass is 292 g/mol. The maximum Gasteiger partial charge on any atom is 0.240 e. The molecule has 0 saturated carbocycles. The molecule has 19 heavy (non-hydrogen) atoms. The Balaban J connectivity index is 2.76. The largest absolute Gasteiger partial charge is 0.327 e. The zero-order chi connectivity index (χ0) is 14.6. The maximum atomic E-state index is 13.0. The van der Waals surface area contributed by atoms with Crippen LogP contribution in [0.2, 0.25) is 0 Å². The van der Waals surface area contributed by atoms with Crippen LogP contribution in [0.25, 0.3) is 0 Å². The van der Waals surface area contributed by atoms with Crippen LogP contribution in [0.1, 0.15) is 20.3 Å². The lowest BCUT2D eigenvalue weighted by Crippen LogP contribution is -2.38. The molecule has 0 heterocycles. The summed E-state index contributed by atoms with van der Waals surface area (Å²) < 4.78 is 51.8. The van der Waals surface area contributed by atoms with Crippen molar-refractivity contribution >= 4 is 10.0 Å². The Morgan fingerprint density at radius 1 is 1.21 bits per heavy atom. The Bertz CT molecular complexity index is 512. The van der Waals surface area contributed by atoms with Gasteiger partial charge in [0.05, 0.1) is 4.90 Å². The second kappa shape index (κ2) is 6.40. The molecule has 7 heteroatoms. The third kappa shape index (κ3) is 5.22. The van der Waals surface area contributed by atoms with Gasteiger partial charge in [0.2, 0.25) is 10.0 Å². The van der Waals surface area contributed by atoms with Crippen LogP contribution < -0.4 is 10.5 Å². The number of benzene rings is 1. The third-order valence-electron chi connectivity index (χ3n) is 2.46. The lowest BCUT2D eigenvalue weighted by molar-refractivity contribution is 0.485. The van der Waals surface area contributed by atoms with Crippen molar-refractivity contribution in [3.05, 3.63) is 29.8 Å². The number of sulfonamides is 1. The highest BCUT2D eigenvalue weighted by Crippen LogP contribution is 2.13. The molecule has 1 aromatic carbocycles. The molecular formula is C12H18F2N2O2S. The van der Waals surface area contributed by atoms with Gasteiger partial charge in [0.15, 0.2) is 0 Å². The molecule has 0 spiro atoms. The van der Waals surface area contributed by atoms with E-state index >= 15 is 0 Å². The number of rotatable bonds is 6. The van der Waals surface area contributed by atoms with E-state index in [-0.39, 0.29) is 12.6 Å². The fraction of sp³-hybridized carbons (Fsp3) is 0.500. The van der Waals surface area contributed by atoms with Crippen LogP contribution >= 0.6 is 0 Å². The molecule has 4 nitrogen and oxygen atoms in total. The highest BCUT2D eigenvalue weighted by atomic mass is 32.2. The molecule has 108 valence electrons. The summed E-state index contributed by atoms with van der Waals surface area (Å²) >= 11 is 0. The van der Waals surface area contributed by atoms with Gasteiger partial charge >= 0.3 is 0 Å². The summed E-state index contributed by atoms with van der Waals surface area (Å²) in [5.41, 5.74) is 5.74. The highest BCUT2D eigenvalue weighted by molar-refractivity contribution is 7.89. The van der Waals surface area contributed by atoms with Gasteiger partial charge in [0.1, 0.15) is 11.6 Å². The summed E-state index contributed by atoms with van der Waals surface area (Å²) in [7, 11) is -3.95. The van der Waals surface area contributed by atoms with Crippen molar-refractivity contribution in [1.82, 2.24) is 4.72 Å². The molecule has 1 atom stereocenters. The standard InChI is InChI=1S/C12H18F2N2O2S/c1-8(2)3-11(15)7-16-19(17,18)12-5-9(13)4-10(14)6-12/h4-6,8,11,16H,3,7,15H2,1-2H3. The zero-order valence-corrected chi connectivity index (χ0v) is 11.7. The van der Waals surface area contributed by atoms with Crippen LogP contribution in [0.4, 0.5) is 8.78 Å². The Hall–Kier alpha value is -1.05. The Morgan fingerprint density at radius 2 is 1.74 bits per heavy atom. The van der Waals surface area contributed by atoms with Crippen molar-refractivity contribution in [2.75, 3.05) is 6.54 Å². The summed E-state index contributed by atoms with van der Waals surface area (Å²) in [6, 6.07) is 1.80. The SMILES string of the molecule is CC(C)CC(N)CNS(=O)(=O)c1cc(F)cc(F)c1. The molecule has 0 aromatic heterocycles. The van der Waals surface area contributed by atoms with Gasteiger partial charge in [-0.25, -0.2) is 21.9 Å². The number of hydrogen-bond donors (Lipinski definition) is 2. The molecule has 1 unspecified atom stereocenters. The molecule has 0 saturated heterocycles. The van der Waals surface area contributed by atoms with Gasteiger partial charge in [-0.05, 0) is 24.5 Å². The van der Waals surface area contributed by atoms with Crippen LogP contribution in [0.3, 0.4) is 0 Å². The molecule has 0 bridgehead atoms. The van der Waals surface area contributed by atoms with Gasteiger partial charge in [0.25, 0.3) is 0 Å². The van der Waals surface area contributed by atoms with Crippen molar-refractivity contribution in [3.8, 4) is 0 Å². The van der Waals surface area contributed by atoms with E-state index in [1.54, 1.807) is 0 Å². The fourth-order valence-electron chi connectivity index (χ4n) is 1.67. The van der Waals surface area contributed by atoms with E-state index in [4.69, 9.17) is 5.73 Å². The van der Waals surface area contributed by atoms with Gasteiger partial charge < -0.3 is 5.73 Å². The molecule has 3 N–H and O–H groups in total. The molecular weight excluding hydrogens is 274 g/mol. The van der Waals surface area contributed by atoms with E-state index in [1.807, 2.05) is 13.8 Å². The number of nitrogens with one attached hydrogen (secondary N) is 1. The first-order valence-corrected chi connectivity index (χ1v) is 7.40. The van der Waals surface area contributed by atoms with Crippen molar-refractivity contribution in [3.63, 3.8) is 0 Å². The number of hydrogen-bond acceptors (Lipinski definition) is 3. The first-order valence-electron chi connectivity index (χ1n) is 5.92. The molecule has 1 aromatic rings. The van der Waals surface area contributed by atoms with E-state index in [0.717, 1.165) is 12.1 Å². The minimum Gasteiger partial charge on any atom is -0.327 e. The van der Waals surface area contributed by atoms with Crippen molar-refractivity contribution in [2.45, 2.75) is 31.2 Å². The third-order valence-corrected chi connectivity index (χ3v) is 3.86. The van der Waals surface area contributed by atoms with Crippen molar-refractivity contribution < 1.29 is 17.2 Å². The Morgan fingerprint density at radius 3 is 2.21 bits per heavy atom. The second-order valence-corrected chi connectivity index (χ2v) is 6.61. The molecule has 0 aliphatic rings.